The van der Waals surface area contributed by atoms with Gasteiger partial charge in [0.15, 0.2) is 0 Å². The summed E-state index contributed by atoms with van der Waals surface area (Å²) in [5, 5.41) is 23.5. The molecule has 10 nitrogen and oxygen atoms in total. The molecule has 3 amide bonds. The molecule has 1 aromatic carbocycles. The third kappa shape index (κ3) is 5.18. The Hall–Kier alpha value is -3.91. The summed E-state index contributed by atoms with van der Waals surface area (Å²) in [6.07, 6.45) is 1.33. The highest BCUT2D eigenvalue weighted by Gasteiger charge is 2.27. The number of carbonyl (C=O) groups is 2. The Morgan fingerprint density at radius 3 is 2.88 bits per heavy atom. The van der Waals surface area contributed by atoms with E-state index in [1.807, 2.05) is 24.3 Å². The number of fused-ring (bicyclic) bond motifs is 1. The Morgan fingerprint density at radius 2 is 2.15 bits per heavy atom. The molecule has 0 bridgehead atoms. The molecule has 0 spiro atoms. The molecule has 0 saturated heterocycles. The first kappa shape index (κ1) is 23.3. The van der Waals surface area contributed by atoms with Crippen LogP contribution in [0.25, 0.3) is 0 Å². The molecule has 0 atom stereocenters. The number of urea groups is 1. The van der Waals surface area contributed by atoms with Crippen molar-refractivity contribution in [1.29, 1.82) is 5.26 Å². The Balaban J connectivity index is 1.37. The number of nitrogens with one attached hydrogen (secondary N) is 2. The molecule has 0 aliphatic carbocycles. The van der Waals surface area contributed by atoms with Gasteiger partial charge in [-0.05, 0) is 30.0 Å². The van der Waals surface area contributed by atoms with Crippen molar-refractivity contribution in [2.45, 2.75) is 39.3 Å². The van der Waals surface area contributed by atoms with Gasteiger partial charge in [0.05, 0.1) is 25.8 Å². The Bertz CT molecular complexity index is 1240. The van der Waals surface area contributed by atoms with E-state index in [0.717, 1.165) is 21.8 Å². The minimum Gasteiger partial charge on any atom is -0.496 e. The number of aryl methyl sites for hydroxylation is 2. The molecule has 2 aromatic heterocycles. The second-order valence-electron chi connectivity index (χ2n) is 7.72. The summed E-state index contributed by atoms with van der Waals surface area (Å²) in [6.45, 7) is 2.65. The predicted molar refractivity (Wildman–Crippen MR) is 124 cm³/mol. The van der Waals surface area contributed by atoms with Gasteiger partial charge < -0.3 is 24.7 Å². The fourth-order valence-electron chi connectivity index (χ4n) is 3.80. The van der Waals surface area contributed by atoms with Crippen LogP contribution >= 0.6 is 11.3 Å². The largest absolute Gasteiger partial charge is 0.496 e. The lowest BCUT2D eigenvalue weighted by Gasteiger charge is -2.26. The van der Waals surface area contributed by atoms with Crippen LogP contribution in [0.5, 0.6) is 5.75 Å². The number of nitriles is 1. The van der Waals surface area contributed by atoms with E-state index >= 15 is 0 Å². The molecule has 11 heteroatoms. The van der Waals surface area contributed by atoms with Gasteiger partial charge in [-0.15, -0.1) is 21.5 Å². The summed E-state index contributed by atoms with van der Waals surface area (Å²) < 4.78 is 10.6. The number of aromatic nitrogens is 2. The van der Waals surface area contributed by atoms with Crippen LogP contribution in [-0.2, 0) is 30.7 Å². The van der Waals surface area contributed by atoms with Gasteiger partial charge in [-0.1, -0.05) is 18.2 Å². The molecule has 0 radical (unpaired) electrons. The van der Waals surface area contributed by atoms with Crippen molar-refractivity contribution in [3.63, 3.8) is 0 Å². The van der Waals surface area contributed by atoms with E-state index < -0.39 is 0 Å². The molecule has 176 valence electrons. The summed E-state index contributed by atoms with van der Waals surface area (Å²) in [5.41, 5.74) is 2.32. The van der Waals surface area contributed by atoms with E-state index in [2.05, 4.69) is 26.9 Å². The second-order valence-corrected chi connectivity index (χ2v) is 8.83. The SMILES string of the molecule is COc1ccccc1CCC(=O)Nc1sc2c(c1C#N)CCN(C(=O)NCc1nnc(C)o1)C2. The highest BCUT2D eigenvalue weighted by molar-refractivity contribution is 7.16. The van der Waals surface area contributed by atoms with Crippen molar-refractivity contribution >= 4 is 28.3 Å². The number of hydrogen-bond donors (Lipinski definition) is 2. The van der Waals surface area contributed by atoms with Crippen molar-refractivity contribution in [2.75, 3.05) is 19.0 Å². The van der Waals surface area contributed by atoms with Crippen LogP contribution < -0.4 is 15.4 Å². The van der Waals surface area contributed by atoms with E-state index in [4.69, 9.17) is 9.15 Å². The highest BCUT2D eigenvalue weighted by atomic mass is 32.1. The first-order valence-corrected chi connectivity index (χ1v) is 11.6. The fraction of sp³-hybridized carbons (Fsp3) is 0.348. The molecular weight excluding hydrogens is 456 g/mol. The van der Waals surface area contributed by atoms with Crippen LogP contribution in [0.15, 0.2) is 28.7 Å². The number of methoxy groups -OCH3 is 1. The molecule has 34 heavy (non-hydrogen) atoms. The maximum absolute atomic E-state index is 12.6. The zero-order valence-corrected chi connectivity index (χ0v) is 19.7. The van der Waals surface area contributed by atoms with Crippen LogP contribution in [0.2, 0.25) is 0 Å². The van der Waals surface area contributed by atoms with Gasteiger partial charge in [0.1, 0.15) is 16.8 Å². The third-order valence-corrected chi connectivity index (χ3v) is 6.61. The Labute approximate surface area is 200 Å². The summed E-state index contributed by atoms with van der Waals surface area (Å²) in [7, 11) is 1.60. The minimum absolute atomic E-state index is 0.143. The standard InChI is InChI=1S/C23H24N6O4S/c1-14-27-28-21(33-14)12-25-23(31)29-10-9-16-17(11-24)22(34-19(16)13-29)26-20(30)8-7-15-5-3-4-6-18(15)32-2/h3-6H,7-10,12-13H2,1-2H3,(H,25,31)(H,26,30). The third-order valence-electron chi connectivity index (χ3n) is 5.48. The lowest BCUT2D eigenvalue weighted by molar-refractivity contribution is -0.116. The maximum Gasteiger partial charge on any atom is 0.318 e. The summed E-state index contributed by atoms with van der Waals surface area (Å²) >= 11 is 1.34. The lowest BCUT2D eigenvalue weighted by Crippen LogP contribution is -2.42. The molecule has 3 heterocycles. The molecular formula is C23H24N6O4S. The minimum atomic E-state index is -0.254. The number of ether oxygens (including phenoxy) is 1. The molecule has 0 unspecified atom stereocenters. The number of nitrogens with zero attached hydrogens (tertiary/aromatic N) is 4. The van der Waals surface area contributed by atoms with Gasteiger partial charge in [0, 0.05) is 24.8 Å². The number of anilines is 1. The Kier molecular flexibility index (Phi) is 7.08. The van der Waals surface area contributed by atoms with E-state index in [0.29, 0.717) is 48.3 Å². The Morgan fingerprint density at radius 1 is 1.32 bits per heavy atom. The van der Waals surface area contributed by atoms with Gasteiger partial charge in [-0.3, -0.25) is 4.79 Å². The number of thiophene rings is 1. The lowest BCUT2D eigenvalue weighted by atomic mass is 10.0. The predicted octanol–water partition coefficient (Wildman–Crippen LogP) is 3.16. The highest BCUT2D eigenvalue weighted by Crippen LogP contribution is 2.36. The van der Waals surface area contributed by atoms with Crippen LogP contribution in [0, 0.1) is 18.3 Å². The quantitative estimate of drug-likeness (QED) is 0.531. The smallest absolute Gasteiger partial charge is 0.318 e. The van der Waals surface area contributed by atoms with Crippen LogP contribution in [0.1, 0.15) is 39.8 Å². The molecule has 0 saturated carbocycles. The monoisotopic (exact) mass is 480 g/mol. The molecule has 4 rings (SSSR count). The van der Waals surface area contributed by atoms with Gasteiger partial charge in [0.25, 0.3) is 0 Å². The molecule has 3 aromatic rings. The molecule has 1 aliphatic heterocycles. The van der Waals surface area contributed by atoms with Crippen molar-refractivity contribution in [1.82, 2.24) is 20.4 Å². The van der Waals surface area contributed by atoms with E-state index in [9.17, 15) is 14.9 Å². The first-order chi connectivity index (χ1) is 16.5. The summed E-state index contributed by atoms with van der Waals surface area (Å²) in [6, 6.07) is 9.54. The fourth-order valence-corrected chi connectivity index (χ4v) is 5.03. The van der Waals surface area contributed by atoms with Gasteiger partial charge in [-0.25, -0.2) is 4.79 Å². The number of carbonyl (C=O) groups excluding carboxylic acids is 2. The van der Waals surface area contributed by atoms with Crippen LogP contribution in [0.4, 0.5) is 9.80 Å². The van der Waals surface area contributed by atoms with Gasteiger partial charge in [-0.2, -0.15) is 5.26 Å². The van der Waals surface area contributed by atoms with Crippen molar-refractivity contribution in [3.05, 3.63) is 57.6 Å². The van der Waals surface area contributed by atoms with Crippen molar-refractivity contribution in [2.24, 2.45) is 0 Å². The molecule has 1 aliphatic rings. The number of rotatable bonds is 7. The summed E-state index contributed by atoms with van der Waals surface area (Å²) in [4.78, 5) is 27.8. The zero-order chi connectivity index (χ0) is 24.1. The second kappa shape index (κ2) is 10.4. The van der Waals surface area contributed by atoms with Gasteiger partial charge >= 0.3 is 6.03 Å². The zero-order valence-electron chi connectivity index (χ0n) is 18.9. The first-order valence-electron chi connectivity index (χ1n) is 10.8. The average Bonchev–Trinajstić information content (AvgIpc) is 3.42. The normalized spacial score (nSPS) is 12.6. The maximum atomic E-state index is 12.6. The van der Waals surface area contributed by atoms with Crippen LogP contribution in [-0.4, -0.2) is 40.7 Å². The van der Waals surface area contributed by atoms with E-state index in [-0.39, 0.29) is 24.9 Å². The number of benzene rings is 1. The molecule has 0 fully saturated rings. The topological polar surface area (TPSA) is 133 Å². The van der Waals surface area contributed by atoms with Crippen molar-refractivity contribution < 1.29 is 18.7 Å². The van der Waals surface area contributed by atoms with Gasteiger partial charge in [0.2, 0.25) is 17.7 Å². The molecule has 2 N–H and O–H groups in total. The van der Waals surface area contributed by atoms with E-state index in [1.54, 1.807) is 18.9 Å². The number of hydrogen-bond acceptors (Lipinski definition) is 8. The van der Waals surface area contributed by atoms with Crippen molar-refractivity contribution in [3.8, 4) is 11.8 Å². The number of para-hydroxylation sites is 1. The van der Waals surface area contributed by atoms with Crippen LogP contribution in [0.3, 0.4) is 0 Å². The van der Waals surface area contributed by atoms with E-state index in [1.165, 1.54) is 11.3 Å². The number of amides is 3. The summed E-state index contributed by atoms with van der Waals surface area (Å²) in [5.74, 6) is 1.34. The average molecular weight is 481 g/mol.